The average Bonchev–Trinajstić information content (AvgIpc) is 2.89. The Morgan fingerprint density at radius 2 is 1.95 bits per heavy atom. The number of hydrogen-bond acceptors (Lipinski definition) is 6. The highest BCUT2D eigenvalue weighted by molar-refractivity contribution is 14.2. The smallest absolute Gasteiger partial charge is 0.378 e. The predicted molar refractivity (Wildman–Crippen MR) is 143 cm³/mol. The molecule has 1 aromatic carbocycles. The van der Waals surface area contributed by atoms with E-state index in [4.69, 9.17) is 4.74 Å². The van der Waals surface area contributed by atoms with E-state index in [9.17, 15) is 22.4 Å². The Bertz CT molecular complexity index is 1390. The normalized spacial score (nSPS) is 13.6. The molecule has 4 rings (SSSR count). The van der Waals surface area contributed by atoms with Crippen molar-refractivity contribution in [2.45, 2.75) is 13.1 Å². The number of alkyl halides is 3. The maximum Gasteiger partial charge on any atom is 0.433 e. The van der Waals surface area contributed by atoms with Crippen LogP contribution in [-0.2, 0) is 10.9 Å². The molecule has 0 atom stereocenters. The number of rotatable bonds is 4. The van der Waals surface area contributed by atoms with E-state index in [1.54, 1.807) is 13.1 Å². The van der Waals surface area contributed by atoms with Gasteiger partial charge in [0.2, 0.25) is 0 Å². The van der Waals surface area contributed by atoms with Gasteiger partial charge in [0.05, 0.1) is 24.6 Å². The summed E-state index contributed by atoms with van der Waals surface area (Å²) in [6.07, 6.45) is -2.21. The molecule has 0 aliphatic carbocycles. The number of aromatic nitrogens is 2. The third-order valence-electron chi connectivity index (χ3n) is 5.61. The number of anilines is 2. The minimum absolute atomic E-state index is 0.172. The van der Waals surface area contributed by atoms with E-state index in [0.717, 1.165) is 18.0 Å². The predicted octanol–water partition coefficient (Wildman–Crippen LogP) is 6.09. The van der Waals surface area contributed by atoms with Gasteiger partial charge in [-0.05, 0) is 68.5 Å². The van der Waals surface area contributed by atoms with Crippen molar-refractivity contribution in [3.8, 4) is 22.3 Å². The van der Waals surface area contributed by atoms with Gasteiger partial charge < -0.3 is 15.0 Å². The molecule has 0 unspecified atom stereocenters. The molecule has 37 heavy (non-hydrogen) atoms. The van der Waals surface area contributed by atoms with Gasteiger partial charge in [0.15, 0.2) is 0 Å². The summed E-state index contributed by atoms with van der Waals surface area (Å²) in [4.78, 5) is 22.6. The van der Waals surface area contributed by atoms with Crippen molar-refractivity contribution in [3.05, 3.63) is 71.1 Å². The van der Waals surface area contributed by atoms with E-state index in [1.165, 1.54) is 21.1 Å². The van der Waals surface area contributed by atoms with Crippen LogP contribution < -0.4 is 10.2 Å². The van der Waals surface area contributed by atoms with E-state index in [1.807, 2.05) is 6.07 Å². The molecule has 1 aliphatic heterocycles. The molecule has 0 bridgehead atoms. The number of ether oxygens (including phenoxy) is 1. The van der Waals surface area contributed by atoms with Gasteiger partial charge in [-0.2, -0.15) is 13.2 Å². The summed E-state index contributed by atoms with van der Waals surface area (Å²) in [5.74, 6) is 1.43. The second-order valence-corrected chi connectivity index (χ2v) is 9.70. The fourth-order valence-electron chi connectivity index (χ4n) is 3.81. The second kappa shape index (κ2) is 11.7. The molecule has 1 fully saturated rings. The van der Waals surface area contributed by atoms with E-state index < -0.39 is 23.6 Å². The van der Waals surface area contributed by atoms with Crippen LogP contribution in [0.2, 0.25) is 0 Å². The van der Waals surface area contributed by atoms with Gasteiger partial charge in [-0.25, -0.2) is 9.37 Å². The van der Waals surface area contributed by atoms with Crippen molar-refractivity contribution in [1.82, 2.24) is 9.97 Å². The third kappa shape index (κ3) is 6.52. The van der Waals surface area contributed by atoms with E-state index in [0.29, 0.717) is 54.8 Å². The Kier molecular flexibility index (Phi) is 8.56. The summed E-state index contributed by atoms with van der Waals surface area (Å²) in [6, 6.07) is 6.36. The number of halogens is 5. The quantitative estimate of drug-likeness (QED) is 0.211. The maximum absolute atomic E-state index is 14.8. The first-order valence-corrected chi connectivity index (χ1v) is 14.3. The van der Waals surface area contributed by atoms with E-state index >= 15 is 0 Å². The number of hydrogen-bond donors (Lipinski definition) is 1. The lowest BCUT2D eigenvalue weighted by molar-refractivity contribution is -0.141. The molecule has 3 aromatic rings. The number of carbonyl (C=O) groups is 1. The zero-order valence-electron chi connectivity index (χ0n) is 19.3. The molecule has 6 nitrogen and oxygen atoms in total. The van der Waals surface area contributed by atoms with Gasteiger partial charge >= 0.3 is 6.18 Å². The van der Waals surface area contributed by atoms with Crippen molar-refractivity contribution >= 4 is 47.4 Å². The van der Waals surface area contributed by atoms with Crippen LogP contribution in [0.3, 0.4) is 0 Å². The minimum Gasteiger partial charge on any atom is -0.378 e. The van der Waals surface area contributed by atoms with Gasteiger partial charge in [-0.1, -0.05) is 0 Å². The number of nitrogens with one attached hydrogen (secondary N) is 1. The zero-order valence-corrected chi connectivity index (χ0v) is 22.3. The average molecular weight is 642 g/mol. The SMILES string of the molecule is Cc1cc(F)c(NC(=O)c2ccnc(C(F)(F)F)c2)cc1-c1cnc(C#CSI)c(N2CCOCC2)c1. The molecular formula is C25H19F4IN4O2S. The fraction of sp³-hybridized carbons (Fsp3) is 0.240. The van der Waals surface area contributed by atoms with Gasteiger partial charge in [-0.15, -0.1) is 0 Å². The first-order chi connectivity index (χ1) is 17.7. The molecule has 0 saturated carbocycles. The van der Waals surface area contributed by atoms with Gasteiger partial charge in [0.1, 0.15) is 17.2 Å². The van der Waals surface area contributed by atoms with Crippen molar-refractivity contribution in [3.63, 3.8) is 0 Å². The molecule has 1 N–H and O–H groups in total. The summed E-state index contributed by atoms with van der Waals surface area (Å²) in [7, 11) is 1.34. The van der Waals surface area contributed by atoms with Crippen molar-refractivity contribution in [2.75, 3.05) is 36.5 Å². The van der Waals surface area contributed by atoms with Crippen molar-refractivity contribution in [1.29, 1.82) is 0 Å². The monoisotopic (exact) mass is 642 g/mol. The Balaban J connectivity index is 1.69. The fourth-order valence-corrected chi connectivity index (χ4v) is 4.28. The summed E-state index contributed by atoms with van der Waals surface area (Å²) < 4.78 is 59.2. The molecule has 0 radical (unpaired) electrons. The largest absolute Gasteiger partial charge is 0.433 e. The Hall–Kier alpha value is -2.89. The Morgan fingerprint density at radius 1 is 1.19 bits per heavy atom. The van der Waals surface area contributed by atoms with Crippen LogP contribution in [0.4, 0.5) is 28.9 Å². The first kappa shape index (κ1) is 27.2. The van der Waals surface area contributed by atoms with Gasteiger partial charge in [-0.3, -0.25) is 9.78 Å². The number of carbonyl (C=O) groups excluding carboxylic acids is 1. The summed E-state index contributed by atoms with van der Waals surface area (Å²) in [5, 5.41) is 5.32. The number of amides is 1. The number of nitrogens with zero attached hydrogens (tertiary/aromatic N) is 3. The van der Waals surface area contributed by atoms with E-state index in [-0.39, 0.29) is 11.3 Å². The molecule has 2 aromatic heterocycles. The van der Waals surface area contributed by atoms with Crippen molar-refractivity contribution < 1.29 is 27.1 Å². The van der Waals surface area contributed by atoms with Crippen LogP contribution in [0, 0.1) is 23.9 Å². The van der Waals surface area contributed by atoms with Gasteiger partial charge in [0.25, 0.3) is 5.91 Å². The number of benzene rings is 1. The first-order valence-electron chi connectivity index (χ1n) is 10.9. The van der Waals surface area contributed by atoms with Crippen LogP contribution in [-0.4, -0.2) is 42.2 Å². The molecule has 1 saturated heterocycles. The molecule has 192 valence electrons. The van der Waals surface area contributed by atoms with Gasteiger partial charge in [0, 0.05) is 57.8 Å². The summed E-state index contributed by atoms with van der Waals surface area (Å²) in [5.41, 5.74) is 1.60. The standard InChI is InChI=1S/C25H19F4IN4O2S/c1-15-10-19(26)21(33-24(35)16-2-4-31-23(12-16)25(27,28)29)13-18(15)17-11-22(34-5-7-36-8-6-34)20(32-14-17)3-9-37-30/h2,4,10-14H,5-8H2,1H3,(H,33,35). The van der Waals surface area contributed by atoms with Crippen LogP contribution in [0.15, 0.2) is 42.7 Å². The molecule has 1 aliphatic rings. The molecule has 3 heterocycles. The van der Waals surface area contributed by atoms with Crippen LogP contribution in [0.5, 0.6) is 0 Å². The van der Waals surface area contributed by atoms with Crippen molar-refractivity contribution in [2.24, 2.45) is 0 Å². The lowest BCUT2D eigenvalue weighted by Gasteiger charge is -2.29. The summed E-state index contributed by atoms with van der Waals surface area (Å²) >= 11 is 2.08. The zero-order chi connectivity index (χ0) is 26.6. The third-order valence-corrected chi connectivity index (χ3v) is 6.45. The second-order valence-electron chi connectivity index (χ2n) is 8.02. The Morgan fingerprint density at radius 3 is 2.65 bits per heavy atom. The lowest BCUT2D eigenvalue weighted by Crippen LogP contribution is -2.36. The Labute approximate surface area is 226 Å². The minimum atomic E-state index is -4.71. The summed E-state index contributed by atoms with van der Waals surface area (Å²) in [6.45, 7) is 4.17. The van der Waals surface area contributed by atoms with Crippen LogP contribution in [0.1, 0.15) is 27.3 Å². The molecular weight excluding hydrogens is 623 g/mol. The van der Waals surface area contributed by atoms with E-state index in [2.05, 4.69) is 52.6 Å². The number of pyridine rings is 2. The number of aryl methyl sites for hydroxylation is 1. The lowest BCUT2D eigenvalue weighted by atomic mass is 9.99. The molecule has 12 heteroatoms. The topological polar surface area (TPSA) is 67.4 Å². The van der Waals surface area contributed by atoms with Crippen LogP contribution >= 0.6 is 30.1 Å². The number of morpholine rings is 1. The highest BCUT2D eigenvalue weighted by Crippen LogP contribution is 2.33. The highest BCUT2D eigenvalue weighted by atomic mass is 127. The molecule has 1 amide bonds. The van der Waals surface area contributed by atoms with Crippen LogP contribution in [0.25, 0.3) is 11.1 Å². The molecule has 0 spiro atoms. The highest BCUT2D eigenvalue weighted by Gasteiger charge is 2.33. The maximum atomic E-state index is 14.8.